The molecular weight excluding hydrogens is 292 g/mol. The Morgan fingerprint density at radius 2 is 2.23 bits per heavy atom. The van der Waals surface area contributed by atoms with E-state index in [0.717, 1.165) is 30.2 Å². The molecule has 118 valence electrons. The predicted octanol–water partition coefficient (Wildman–Crippen LogP) is 3.71. The number of nitrogens with zero attached hydrogens (tertiary/aromatic N) is 2. The fourth-order valence-electron chi connectivity index (χ4n) is 3.42. The van der Waals surface area contributed by atoms with Crippen LogP contribution in [0.1, 0.15) is 47.1 Å². The topological polar surface area (TPSA) is 36.4 Å². The van der Waals surface area contributed by atoms with E-state index in [1.165, 1.54) is 30.4 Å². The summed E-state index contributed by atoms with van der Waals surface area (Å²) in [5, 5.41) is 12.5. The molecule has 0 spiro atoms. The Balaban J connectivity index is 1.82. The Morgan fingerprint density at radius 1 is 1.36 bits per heavy atom. The normalized spacial score (nSPS) is 17.7. The Hall–Kier alpha value is -1.23. The molecule has 1 heterocycles. The molecule has 1 unspecified atom stereocenters. The number of benzene rings is 1. The van der Waals surface area contributed by atoms with E-state index in [4.69, 9.17) is 0 Å². The number of hydrogen-bond acceptors (Lipinski definition) is 4. The highest BCUT2D eigenvalue weighted by Gasteiger charge is 2.25. The van der Waals surface area contributed by atoms with Gasteiger partial charge in [-0.2, -0.15) is 0 Å². The van der Waals surface area contributed by atoms with Gasteiger partial charge in [0.15, 0.2) is 0 Å². The standard InChI is InChI=1S/C18H24N2OS/c1-14-19-16(13-22-14)12-20(10-5-11-21)18-9-4-7-15-6-2-3-8-17(15)18/h2-3,6,8,13,18,21H,4-5,7,9-12H2,1H3. The monoisotopic (exact) mass is 316 g/mol. The summed E-state index contributed by atoms with van der Waals surface area (Å²) < 4.78 is 0. The van der Waals surface area contributed by atoms with Gasteiger partial charge >= 0.3 is 0 Å². The number of aryl methyl sites for hydroxylation is 2. The minimum Gasteiger partial charge on any atom is -0.396 e. The fraction of sp³-hybridized carbons (Fsp3) is 0.500. The van der Waals surface area contributed by atoms with Crippen molar-refractivity contribution in [3.63, 3.8) is 0 Å². The van der Waals surface area contributed by atoms with E-state index >= 15 is 0 Å². The Labute approximate surface area is 136 Å². The molecule has 1 aromatic carbocycles. The molecule has 1 aromatic heterocycles. The van der Waals surface area contributed by atoms with Crippen LogP contribution in [0.2, 0.25) is 0 Å². The lowest BCUT2D eigenvalue weighted by Crippen LogP contribution is -2.32. The van der Waals surface area contributed by atoms with Crippen molar-refractivity contribution < 1.29 is 5.11 Å². The number of aromatic nitrogens is 1. The van der Waals surface area contributed by atoms with E-state index in [1.807, 2.05) is 0 Å². The molecule has 0 bridgehead atoms. The van der Waals surface area contributed by atoms with E-state index in [1.54, 1.807) is 11.3 Å². The van der Waals surface area contributed by atoms with Gasteiger partial charge in [-0.1, -0.05) is 24.3 Å². The summed E-state index contributed by atoms with van der Waals surface area (Å²) in [4.78, 5) is 7.13. The molecule has 1 atom stereocenters. The Bertz CT molecular complexity index is 611. The third-order valence-corrected chi connectivity index (χ3v) is 5.24. The third-order valence-electron chi connectivity index (χ3n) is 4.41. The van der Waals surface area contributed by atoms with Gasteiger partial charge in [0.1, 0.15) is 0 Å². The summed E-state index contributed by atoms with van der Waals surface area (Å²) in [5.41, 5.74) is 4.12. The summed E-state index contributed by atoms with van der Waals surface area (Å²) in [6.07, 6.45) is 4.46. The molecule has 1 aliphatic carbocycles. The van der Waals surface area contributed by atoms with Crippen LogP contribution in [0, 0.1) is 6.92 Å². The number of fused-ring (bicyclic) bond motifs is 1. The Morgan fingerprint density at radius 3 is 3.00 bits per heavy atom. The van der Waals surface area contributed by atoms with Crippen molar-refractivity contribution in [2.24, 2.45) is 0 Å². The maximum atomic E-state index is 9.24. The molecule has 1 N–H and O–H groups in total. The van der Waals surface area contributed by atoms with Gasteiger partial charge < -0.3 is 5.11 Å². The lowest BCUT2D eigenvalue weighted by atomic mass is 9.86. The van der Waals surface area contributed by atoms with Gasteiger partial charge in [-0.15, -0.1) is 11.3 Å². The summed E-state index contributed by atoms with van der Waals surface area (Å²) in [6, 6.07) is 9.28. The number of hydrogen-bond donors (Lipinski definition) is 1. The largest absolute Gasteiger partial charge is 0.396 e. The van der Waals surface area contributed by atoms with Crippen LogP contribution < -0.4 is 0 Å². The Kier molecular flexibility index (Phi) is 5.24. The smallest absolute Gasteiger partial charge is 0.0897 e. The van der Waals surface area contributed by atoms with Crippen molar-refractivity contribution in [2.45, 2.75) is 45.2 Å². The highest BCUT2D eigenvalue weighted by atomic mass is 32.1. The molecule has 0 aliphatic heterocycles. The van der Waals surface area contributed by atoms with Crippen molar-refractivity contribution >= 4 is 11.3 Å². The SMILES string of the molecule is Cc1nc(CN(CCCO)C2CCCc3ccccc32)cs1. The van der Waals surface area contributed by atoms with Gasteiger partial charge in [0.25, 0.3) is 0 Å². The average Bonchev–Trinajstić information content (AvgIpc) is 2.96. The summed E-state index contributed by atoms with van der Waals surface area (Å²) >= 11 is 1.72. The van der Waals surface area contributed by atoms with Crippen LogP contribution in [0.3, 0.4) is 0 Å². The van der Waals surface area contributed by atoms with Gasteiger partial charge in [0.2, 0.25) is 0 Å². The minimum absolute atomic E-state index is 0.251. The molecule has 3 rings (SSSR count). The van der Waals surface area contributed by atoms with E-state index in [0.29, 0.717) is 6.04 Å². The molecule has 2 aromatic rings. The highest BCUT2D eigenvalue weighted by molar-refractivity contribution is 7.09. The van der Waals surface area contributed by atoms with E-state index in [-0.39, 0.29) is 6.61 Å². The molecule has 22 heavy (non-hydrogen) atoms. The first kappa shape index (κ1) is 15.7. The van der Waals surface area contributed by atoms with Crippen molar-refractivity contribution in [2.75, 3.05) is 13.2 Å². The maximum absolute atomic E-state index is 9.24. The van der Waals surface area contributed by atoms with E-state index < -0.39 is 0 Å². The first-order chi connectivity index (χ1) is 10.8. The van der Waals surface area contributed by atoms with Gasteiger partial charge in [-0.3, -0.25) is 4.90 Å². The lowest BCUT2D eigenvalue weighted by molar-refractivity contribution is 0.150. The van der Waals surface area contributed by atoms with Crippen molar-refractivity contribution in [3.8, 4) is 0 Å². The molecule has 0 fully saturated rings. The first-order valence-electron chi connectivity index (χ1n) is 8.11. The zero-order valence-electron chi connectivity index (χ0n) is 13.2. The summed E-state index contributed by atoms with van der Waals surface area (Å²) in [7, 11) is 0. The van der Waals surface area contributed by atoms with Crippen LogP contribution in [0.4, 0.5) is 0 Å². The van der Waals surface area contributed by atoms with Crippen molar-refractivity contribution in [3.05, 3.63) is 51.5 Å². The van der Waals surface area contributed by atoms with Crippen LogP contribution in [0.25, 0.3) is 0 Å². The average molecular weight is 316 g/mol. The van der Waals surface area contributed by atoms with Crippen molar-refractivity contribution in [1.82, 2.24) is 9.88 Å². The molecule has 0 saturated carbocycles. The molecule has 0 saturated heterocycles. The lowest BCUT2D eigenvalue weighted by Gasteiger charge is -2.35. The third kappa shape index (κ3) is 3.57. The minimum atomic E-state index is 0.251. The first-order valence-corrected chi connectivity index (χ1v) is 8.99. The fourth-order valence-corrected chi connectivity index (χ4v) is 4.02. The quantitative estimate of drug-likeness (QED) is 0.882. The predicted molar refractivity (Wildman–Crippen MR) is 91.1 cm³/mol. The number of aliphatic hydroxyl groups excluding tert-OH is 1. The van der Waals surface area contributed by atoms with E-state index in [2.05, 4.69) is 46.5 Å². The van der Waals surface area contributed by atoms with Crippen LogP contribution in [0.5, 0.6) is 0 Å². The molecule has 4 heteroatoms. The summed E-state index contributed by atoms with van der Waals surface area (Å²) in [5.74, 6) is 0. The summed E-state index contributed by atoms with van der Waals surface area (Å²) in [6.45, 7) is 4.11. The number of aliphatic hydroxyl groups is 1. The second-order valence-corrected chi connectivity index (χ2v) is 7.07. The number of thiazole rings is 1. The van der Waals surface area contributed by atoms with Gasteiger partial charge in [-0.05, 0) is 43.7 Å². The van der Waals surface area contributed by atoms with Gasteiger partial charge in [-0.25, -0.2) is 4.98 Å². The molecular formula is C18H24N2OS. The second kappa shape index (κ2) is 7.36. The molecule has 0 radical (unpaired) electrons. The van der Waals surface area contributed by atoms with Gasteiger partial charge in [0.05, 0.1) is 10.7 Å². The second-order valence-electron chi connectivity index (χ2n) is 6.01. The zero-order chi connectivity index (χ0) is 15.4. The molecule has 1 aliphatic rings. The zero-order valence-corrected chi connectivity index (χ0v) is 14.0. The van der Waals surface area contributed by atoms with Crippen molar-refractivity contribution in [1.29, 1.82) is 0 Å². The van der Waals surface area contributed by atoms with Crippen LogP contribution in [0.15, 0.2) is 29.6 Å². The number of rotatable bonds is 6. The van der Waals surface area contributed by atoms with Crippen LogP contribution >= 0.6 is 11.3 Å². The molecule has 0 amide bonds. The van der Waals surface area contributed by atoms with Crippen LogP contribution in [-0.2, 0) is 13.0 Å². The van der Waals surface area contributed by atoms with Crippen LogP contribution in [-0.4, -0.2) is 28.1 Å². The highest BCUT2D eigenvalue weighted by Crippen LogP contribution is 2.35. The van der Waals surface area contributed by atoms with Gasteiger partial charge in [0, 0.05) is 31.1 Å². The molecule has 3 nitrogen and oxygen atoms in total. The van der Waals surface area contributed by atoms with E-state index in [9.17, 15) is 5.11 Å². The maximum Gasteiger partial charge on any atom is 0.0897 e.